The van der Waals surface area contributed by atoms with Crippen molar-refractivity contribution >= 4 is 45.2 Å². The van der Waals surface area contributed by atoms with Gasteiger partial charge in [-0.2, -0.15) is 5.10 Å². The Labute approximate surface area is 153 Å². The second kappa shape index (κ2) is 7.01. The van der Waals surface area contributed by atoms with Crippen molar-refractivity contribution in [2.45, 2.75) is 0 Å². The van der Waals surface area contributed by atoms with Crippen LogP contribution in [0.5, 0.6) is 0 Å². The van der Waals surface area contributed by atoms with E-state index < -0.39 is 0 Å². The van der Waals surface area contributed by atoms with E-state index in [4.69, 9.17) is 11.6 Å². The summed E-state index contributed by atoms with van der Waals surface area (Å²) in [5.74, 6) is 0.674. The number of fused-ring (bicyclic) bond motifs is 1. The number of rotatable bonds is 4. The highest BCUT2D eigenvalue weighted by Crippen LogP contribution is 2.36. The molecule has 1 N–H and O–H groups in total. The van der Waals surface area contributed by atoms with Gasteiger partial charge in [-0.05, 0) is 11.6 Å². The Hall–Kier alpha value is -2.76. The number of aromatic nitrogens is 2. The molecule has 0 aliphatic heterocycles. The van der Waals surface area contributed by atoms with Gasteiger partial charge in [-0.25, -0.2) is 9.97 Å². The normalized spacial score (nSPS) is 11.2. The first-order valence-electron chi connectivity index (χ1n) is 7.64. The number of nitrogens with zero attached hydrogens (tertiary/aromatic N) is 3. The standard InChI is InChI=1S/C19H13ClN4S/c20-16-9-5-4-8-14(16)10-23-24-18-17-15(13-6-2-1-3-7-13)11-25-19(17)22-12-21-18/h1-12H,(H,21,22,24)/b23-10-. The molecule has 0 bridgehead atoms. The van der Waals surface area contributed by atoms with Gasteiger partial charge in [0.25, 0.3) is 0 Å². The maximum atomic E-state index is 6.15. The Morgan fingerprint density at radius 2 is 1.80 bits per heavy atom. The van der Waals surface area contributed by atoms with Gasteiger partial charge in [0.15, 0.2) is 5.82 Å². The molecule has 4 nitrogen and oxygen atoms in total. The molecule has 0 spiro atoms. The topological polar surface area (TPSA) is 50.2 Å². The summed E-state index contributed by atoms with van der Waals surface area (Å²) in [6, 6.07) is 17.7. The van der Waals surface area contributed by atoms with Crippen molar-refractivity contribution in [1.82, 2.24) is 9.97 Å². The first-order valence-corrected chi connectivity index (χ1v) is 8.90. The minimum absolute atomic E-state index is 0.654. The molecule has 4 aromatic rings. The molecule has 0 radical (unpaired) electrons. The fourth-order valence-electron chi connectivity index (χ4n) is 2.53. The molecular formula is C19H13ClN4S. The second-order valence-corrected chi connectivity index (χ2v) is 6.57. The second-order valence-electron chi connectivity index (χ2n) is 5.31. The van der Waals surface area contributed by atoms with E-state index in [1.807, 2.05) is 42.5 Å². The summed E-state index contributed by atoms with van der Waals surface area (Å²) >= 11 is 7.74. The smallest absolute Gasteiger partial charge is 0.159 e. The number of hydrazone groups is 1. The molecule has 4 rings (SSSR count). The molecule has 0 fully saturated rings. The molecule has 0 aliphatic carbocycles. The van der Waals surface area contributed by atoms with Crippen LogP contribution in [0.1, 0.15) is 5.56 Å². The molecule has 25 heavy (non-hydrogen) atoms. The van der Waals surface area contributed by atoms with E-state index in [0.29, 0.717) is 10.8 Å². The Morgan fingerprint density at radius 1 is 1.00 bits per heavy atom. The van der Waals surface area contributed by atoms with Crippen LogP contribution >= 0.6 is 22.9 Å². The predicted molar refractivity (Wildman–Crippen MR) is 106 cm³/mol. The lowest BCUT2D eigenvalue weighted by Crippen LogP contribution is -1.95. The number of halogens is 1. The van der Waals surface area contributed by atoms with E-state index in [9.17, 15) is 0 Å². The molecule has 0 aliphatic rings. The van der Waals surface area contributed by atoms with Crippen molar-refractivity contribution in [3.05, 3.63) is 76.9 Å². The van der Waals surface area contributed by atoms with Crippen LogP contribution in [0.2, 0.25) is 5.02 Å². The van der Waals surface area contributed by atoms with Gasteiger partial charge in [0.2, 0.25) is 0 Å². The first-order chi connectivity index (χ1) is 12.3. The summed E-state index contributed by atoms with van der Waals surface area (Å²) < 4.78 is 0. The van der Waals surface area contributed by atoms with E-state index in [-0.39, 0.29) is 0 Å². The number of thiophene rings is 1. The van der Waals surface area contributed by atoms with E-state index in [2.05, 4.69) is 38.0 Å². The van der Waals surface area contributed by atoms with Crippen molar-refractivity contribution < 1.29 is 0 Å². The van der Waals surface area contributed by atoms with Crippen LogP contribution in [0.15, 0.2) is 71.4 Å². The van der Waals surface area contributed by atoms with Gasteiger partial charge in [-0.15, -0.1) is 11.3 Å². The largest absolute Gasteiger partial charge is 0.261 e. The summed E-state index contributed by atoms with van der Waals surface area (Å²) in [6.45, 7) is 0. The molecule has 6 heteroatoms. The van der Waals surface area contributed by atoms with Crippen molar-refractivity contribution in [3.63, 3.8) is 0 Å². The number of hydrogen-bond acceptors (Lipinski definition) is 5. The molecule has 0 saturated carbocycles. The first kappa shape index (κ1) is 15.7. The van der Waals surface area contributed by atoms with Gasteiger partial charge in [0.05, 0.1) is 11.6 Å². The highest BCUT2D eigenvalue weighted by atomic mass is 35.5. The van der Waals surface area contributed by atoms with Gasteiger partial charge >= 0.3 is 0 Å². The maximum Gasteiger partial charge on any atom is 0.159 e. The molecule has 0 atom stereocenters. The van der Waals surface area contributed by atoms with E-state index in [1.165, 1.54) is 0 Å². The molecule has 0 amide bonds. The molecule has 122 valence electrons. The van der Waals surface area contributed by atoms with Crippen molar-refractivity contribution in [2.24, 2.45) is 5.10 Å². The third-order valence-corrected chi connectivity index (χ3v) is 4.96. The number of hydrogen-bond donors (Lipinski definition) is 1. The highest BCUT2D eigenvalue weighted by molar-refractivity contribution is 7.17. The summed E-state index contributed by atoms with van der Waals surface area (Å²) in [5, 5.41) is 8.01. The molecule has 0 saturated heterocycles. The maximum absolute atomic E-state index is 6.15. The van der Waals surface area contributed by atoms with Crippen LogP contribution in [0.25, 0.3) is 21.3 Å². The summed E-state index contributed by atoms with van der Waals surface area (Å²) in [5.41, 5.74) is 6.09. The Bertz CT molecular complexity index is 1040. The monoisotopic (exact) mass is 364 g/mol. The third-order valence-electron chi connectivity index (χ3n) is 3.73. The third kappa shape index (κ3) is 3.24. The van der Waals surface area contributed by atoms with Gasteiger partial charge in [0, 0.05) is 21.5 Å². The van der Waals surface area contributed by atoms with Crippen LogP contribution in [0.4, 0.5) is 5.82 Å². The highest BCUT2D eigenvalue weighted by Gasteiger charge is 2.12. The lowest BCUT2D eigenvalue weighted by atomic mass is 10.1. The minimum Gasteiger partial charge on any atom is -0.261 e. The fraction of sp³-hybridized carbons (Fsp3) is 0. The van der Waals surface area contributed by atoms with Gasteiger partial charge in [0.1, 0.15) is 11.2 Å². The lowest BCUT2D eigenvalue weighted by molar-refractivity contribution is 1.19. The zero-order chi connectivity index (χ0) is 17.1. The van der Waals surface area contributed by atoms with Crippen LogP contribution in [-0.4, -0.2) is 16.2 Å². The molecule has 2 aromatic carbocycles. The molecule has 0 unspecified atom stereocenters. The van der Waals surface area contributed by atoms with Crippen molar-refractivity contribution in [3.8, 4) is 11.1 Å². The Morgan fingerprint density at radius 3 is 2.64 bits per heavy atom. The number of benzene rings is 2. The van der Waals surface area contributed by atoms with Gasteiger partial charge in [-0.3, -0.25) is 5.43 Å². The Balaban J connectivity index is 1.70. The van der Waals surface area contributed by atoms with Gasteiger partial charge < -0.3 is 0 Å². The average molecular weight is 365 g/mol. The average Bonchev–Trinajstić information content (AvgIpc) is 3.09. The van der Waals surface area contributed by atoms with E-state index >= 15 is 0 Å². The zero-order valence-electron chi connectivity index (χ0n) is 13.1. The summed E-state index contributed by atoms with van der Waals surface area (Å²) in [6.07, 6.45) is 3.23. The summed E-state index contributed by atoms with van der Waals surface area (Å²) in [4.78, 5) is 9.64. The zero-order valence-corrected chi connectivity index (χ0v) is 14.6. The predicted octanol–water partition coefficient (Wildman–Crippen LogP) is 5.46. The quantitative estimate of drug-likeness (QED) is 0.386. The molecular weight excluding hydrogens is 352 g/mol. The summed E-state index contributed by atoms with van der Waals surface area (Å²) in [7, 11) is 0. The van der Waals surface area contributed by atoms with Crippen LogP contribution < -0.4 is 5.43 Å². The van der Waals surface area contributed by atoms with Crippen LogP contribution in [-0.2, 0) is 0 Å². The van der Waals surface area contributed by atoms with Crippen molar-refractivity contribution in [2.75, 3.05) is 5.43 Å². The number of anilines is 1. The lowest BCUT2D eigenvalue weighted by Gasteiger charge is -2.04. The van der Waals surface area contributed by atoms with Crippen LogP contribution in [0, 0.1) is 0 Å². The van der Waals surface area contributed by atoms with E-state index in [0.717, 1.165) is 26.9 Å². The van der Waals surface area contributed by atoms with E-state index in [1.54, 1.807) is 23.9 Å². The molecule has 2 heterocycles. The molecule has 2 aromatic heterocycles. The Kier molecular flexibility index (Phi) is 4.41. The minimum atomic E-state index is 0.654. The van der Waals surface area contributed by atoms with Gasteiger partial charge in [-0.1, -0.05) is 60.1 Å². The van der Waals surface area contributed by atoms with Crippen molar-refractivity contribution in [1.29, 1.82) is 0 Å². The number of nitrogens with one attached hydrogen (secondary N) is 1. The SMILES string of the molecule is Clc1ccccc1/C=N\Nc1ncnc2scc(-c3ccccc3)c12. The fourth-order valence-corrected chi connectivity index (χ4v) is 3.63. The van der Waals surface area contributed by atoms with Crippen LogP contribution in [0.3, 0.4) is 0 Å².